The van der Waals surface area contributed by atoms with E-state index >= 15 is 0 Å². The SMILES string of the molecule is NC1CC2(C1)CC21CC1. The summed E-state index contributed by atoms with van der Waals surface area (Å²) in [5, 5.41) is 0. The summed E-state index contributed by atoms with van der Waals surface area (Å²) < 4.78 is 0. The lowest BCUT2D eigenvalue weighted by molar-refractivity contribution is 0.208. The lowest BCUT2D eigenvalue weighted by atomic mass is 9.75. The number of hydrogen-bond acceptors (Lipinski definition) is 1. The summed E-state index contributed by atoms with van der Waals surface area (Å²) in [5.74, 6) is 0. The molecule has 0 aliphatic heterocycles. The molecule has 2 spiro atoms. The molecule has 1 heteroatoms. The van der Waals surface area contributed by atoms with Crippen LogP contribution in [0.3, 0.4) is 0 Å². The Hall–Kier alpha value is -0.0400. The molecule has 0 aromatic rings. The van der Waals surface area contributed by atoms with Gasteiger partial charge >= 0.3 is 0 Å². The average Bonchev–Trinajstić information content (AvgIpc) is 2.51. The predicted octanol–water partition coefficient (Wildman–Crippen LogP) is 1.28. The van der Waals surface area contributed by atoms with Gasteiger partial charge in [-0.05, 0) is 42.9 Å². The van der Waals surface area contributed by atoms with Crippen molar-refractivity contribution in [3.63, 3.8) is 0 Å². The van der Waals surface area contributed by atoms with Crippen molar-refractivity contribution >= 4 is 0 Å². The number of rotatable bonds is 0. The fourth-order valence-corrected chi connectivity index (χ4v) is 2.98. The highest BCUT2D eigenvalue weighted by molar-refractivity contribution is 5.27. The van der Waals surface area contributed by atoms with Crippen molar-refractivity contribution < 1.29 is 0 Å². The van der Waals surface area contributed by atoms with Crippen LogP contribution in [0.5, 0.6) is 0 Å². The van der Waals surface area contributed by atoms with E-state index in [0.29, 0.717) is 6.04 Å². The van der Waals surface area contributed by atoms with Crippen molar-refractivity contribution in [1.29, 1.82) is 0 Å². The molecular weight excluding hydrogens is 110 g/mol. The predicted molar refractivity (Wildman–Crippen MR) is 35.9 cm³/mol. The fraction of sp³-hybridized carbons (Fsp3) is 1.00. The molecule has 9 heavy (non-hydrogen) atoms. The first kappa shape index (κ1) is 4.73. The molecule has 0 aromatic carbocycles. The highest BCUT2D eigenvalue weighted by Gasteiger charge is 2.76. The molecule has 3 rings (SSSR count). The summed E-state index contributed by atoms with van der Waals surface area (Å²) in [7, 11) is 0. The van der Waals surface area contributed by atoms with Crippen molar-refractivity contribution in [3.05, 3.63) is 0 Å². The maximum Gasteiger partial charge on any atom is 0.00498 e. The van der Waals surface area contributed by atoms with Crippen LogP contribution in [0.1, 0.15) is 32.1 Å². The Bertz CT molecular complexity index is 163. The topological polar surface area (TPSA) is 26.0 Å². The Balaban J connectivity index is 1.82. The largest absolute Gasteiger partial charge is 0.328 e. The Labute approximate surface area is 55.6 Å². The van der Waals surface area contributed by atoms with Gasteiger partial charge in [-0.25, -0.2) is 0 Å². The molecule has 0 saturated heterocycles. The molecular formula is C8H13N. The van der Waals surface area contributed by atoms with Gasteiger partial charge in [0.05, 0.1) is 0 Å². The maximum absolute atomic E-state index is 5.74. The van der Waals surface area contributed by atoms with Gasteiger partial charge < -0.3 is 5.73 Å². The average molecular weight is 123 g/mol. The monoisotopic (exact) mass is 123 g/mol. The minimum absolute atomic E-state index is 0.574. The van der Waals surface area contributed by atoms with Gasteiger partial charge in [0, 0.05) is 6.04 Å². The van der Waals surface area contributed by atoms with Crippen LogP contribution in [0.15, 0.2) is 0 Å². The quantitative estimate of drug-likeness (QED) is 0.516. The maximum atomic E-state index is 5.74. The van der Waals surface area contributed by atoms with Crippen LogP contribution in [-0.2, 0) is 0 Å². The van der Waals surface area contributed by atoms with E-state index in [-0.39, 0.29) is 0 Å². The Kier molecular flexibility index (Phi) is 0.508. The van der Waals surface area contributed by atoms with Gasteiger partial charge in [-0.2, -0.15) is 0 Å². The third kappa shape index (κ3) is 0.362. The zero-order chi connectivity index (χ0) is 6.11. The van der Waals surface area contributed by atoms with Crippen molar-refractivity contribution in [2.24, 2.45) is 16.6 Å². The number of fused-ring (bicyclic) bond motifs is 1. The smallest absolute Gasteiger partial charge is 0.00498 e. The first-order valence-electron chi connectivity index (χ1n) is 4.02. The minimum Gasteiger partial charge on any atom is -0.328 e. The third-order valence-corrected chi connectivity index (χ3v) is 3.84. The van der Waals surface area contributed by atoms with Gasteiger partial charge in [0.25, 0.3) is 0 Å². The highest BCUT2D eigenvalue weighted by Crippen LogP contribution is 2.84. The van der Waals surface area contributed by atoms with Crippen LogP contribution in [0.4, 0.5) is 0 Å². The van der Waals surface area contributed by atoms with Crippen molar-refractivity contribution in [1.82, 2.24) is 0 Å². The standard InChI is InChI=1S/C8H13N/c9-6-3-8(4-6)5-7(8)1-2-7/h6H,1-5,9H2. The van der Waals surface area contributed by atoms with Gasteiger partial charge in [-0.1, -0.05) is 0 Å². The zero-order valence-corrected chi connectivity index (χ0v) is 5.69. The Morgan fingerprint density at radius 1 is 1.11 bits per heavy atom. The van der Waals surface area contributed by atoms with E-state index in [9.17, 15) is 0 Å². The van der Waals surface area contributed by atoms with Gasteiger partial charge in [-0.15, -0.1) is 0 Å². The normalized spacial score (nSPS) is 57.7. The van der Waals surface area contributed by atoms with Gasteiger partial charge in [0.15, 0.2) is 0 Å². The van der Waals surface area contributed by atoms with E-state index in [1.807, 2.05) is 0 Å². The number of hydrogen-bond donors (Lipinski definition) is 1. The van der Waals surface area contributed by atoms with Crippen LogP contribution < -0.4 is 5.73 Å². The molecule has 3 aliphatic carbocycles. The Morgan fingerprint density at radius 2 is 1.78 bits per heavy atom. The lowest BCUT2D eigenvalue weighted by Crippen LogP contribution is -2.39. The van der Waals surface area contributed by atoms with Crippen LogP contribution in [0.25, 0.3) is 0 Å². The third-order valence-electron chi connectivity index (χ3n) is 3.84. The van der Waals surface area contributed by atoms with E-state index in [0.717, 1.165) is 10.8 Å². The van der Waals surface area contributed by atoms with E-state index in [1.54, 1.807) is 0 Å². The lowest BCUT2D eigenvalue weighted by Gasteiger charge is -2.34. The van der Waals surface area contributed by atoms with Crippen molar-refractivity contribution in [3.8, 4) is 0 Å². The summed E-state index contributed by atoms with van der Waals surface area (Å²) in [6.45, 7) is 0. The summed E-state index contributed by atoms with van der Waals surface area (Å²) in [4.78, 5) is 0. The van der Waals surface area contributed by atoms with Gasteiger partial charge in [0.1, 0.15) is 0 Å². The van der Waals surface area contributed by atoms with Crippen LogP contribution >= 0.6 is 0 Å². The van der Waals surface area contributed by atoms with Crippen LogP contribution in [-0.4, -0.2) is 6.04 Å². The first-order chi connectivity index (χ1) is 4.27. The van der Waals surface area contributed by atoms with E-state index in [4.69, 9.17) is 5.73 Å². The molecule has 0 radical (unpaired) electrons. The molecule has 0 heterocycles. The van der Waals surface area contributed by atoms with Crippen molar-refractivity contribution in [2.75, 3.05) is 0 Å². The molecule has 3 aliphatic rings. The highest BCUT2D eigenvalue weighted by atomic mass is 14.9. The molecule has 3 fully saturated rings. The second kappa shape index (κ2) is 0.968. The Morgan fingerprint density at radius 3 is 2.11 bits per heavy atom. The second-order valence-corrected chi connectivity index (χ2v) is 4.41. The molecule has 0 aromatic heterocycles. The summed E-state index contributed by atoms with van der Waals surface area (Å²) in [5.41, 5.74) is 7.46. The zero-order valence-electron chi connectivity index (χ0n) is 5.69. The number of nitrogens with two attached hydrogens (primary N) is 1. The van der Waals surface area contributed by atoms with Gasteiger partial charge in [0.2, 0.25) is 0 Å². The van der Waals surface area contributed by atoms with Crippen LogP contribution in [0, 0.1) is 10.8 Å². The minimum atomic E-state index is 0.574. The molecule has 0 unspecified atom stereocenters. The summed E-state index contributed by atoms with van der Waals surface area (Å²) in [6, 6.07) is 0.574. The summed E-state index contributed by atoms with van der Waals surface area (Å²) in [6.07, 6.45) is 7.30. The molecule has 2 N–H and O–H groups in total. The van der Waals surface area contributed by atoms with E-state index < -0.39 is 0 Å². The van der Waals surface area contributed by atoms with Crippen LogP contribution in [0.2, 0.25) is 0 Å². The first-order valence-corrected chi connectivity index (χ1v) is 4.02. The second-order valence-electron chi connectivity index (χ2n) is 4.41. The summed E-state index contributed by atoms with van der Waals surface area (Å²) >= 11 is 0. The molecule has 50 valence electrons. The van der Waals surface area contributed by atoms with E-state index in [1.165, 1.54) is 32.1 Å². The molecule has 0 atom stereocenters. The molecule has 3 saturated carbocycles. The van der Waals surface area contributed by atoms with E-state index in [2.05, 4.69) is 0 Å². The molecule has 1 nitrogen and oxygen atoms in total. The molecule has 0 bridgehead atoms. The van der Waals surface area contributed by atoms with Gasteiger partial charge in [-0.3, -0.25) is 0 Å². The fourth-order valence-electron chi connectivity index (χ4n) is 2.98. The van der Waals surface area contributed by atoms with Crippen molar-refractivity contribution in [2.45, 2.75) is 38.1 Å². The molecule has 0 amide bonds.